The number of carbonyl (C=O) groups excluding carboxylic acids is 1. The third-order valence-corrected chi connectivity index (χ3v) is 4.51. The maximum Gasteiger partial charge on any atom is 0.310 e. The molecular formula is C16H19N5O2S. The molecule has 0 saturated heterocycles. The van der Waals surface area contributed by atoms with Gasteiger partial charge in [0.25, 0.3) is 0 Å². The summed E-state index contributed by atoms with van der Waals surface area (Å²) in [4.78, 5) is 11.8. The molecule has 0 aliphatic rings. The number of hydrogen-bond acceptors (Lipinski definition) is 7. The molecule has 0 spiro atoms. The van der Waals surface area contributed by atoms with Gasteiger partial charge in [-0.1, -0.05) is 0 Å². The molecule has 3 rings (SSSR count). The highest BCUT2D eigenvalue weighted by Gasteiger charge is 2.22. The lowest BCUT2D eigenvalue weighted by Crippen LogP contribution is -2.31. The lowest BCUT2D eigenvalue weighted by molar-refractivity contribution is -0.147. The van der Waals surface area contributed by atoms with Crippen LogP contribution in [0.1, 0.15) is 20.8 Å². The van der Waals surface area contributed by atoms with Gasteiger partial charge in [0, 0.05) is 17.0 Å². The summed E-state index contributed by atoms with van der Waals surface area (Å²) >= 11 is 1.60. The SMILES string of the molecule is CCOC(=O)[C@H](C)[C@@H](C)Nc1ccc2nnc(-c3ccsc3)n2n1. The average molecular weight is 345 g/mol. The summed E-state index contributed by atoms with van der Waals surface area (Å²) in [6, 6.07) is 5.54. The van der Waals surface area contributed by atoms with Crippen LogP contribution < -0.4 is 5.32 Å². The first kappa shape index (κ1) is 16.4. The van der Waals surface area contributed by atoms with Crippen molar-refractivity contribution in [2.75, 3.05) is 11.9 Å². The van der Waals surface area contributed by atoms with E-state index in [1.54, 1.807) is 22.8 Å². The van der Waals surface area contributed by atoms with Gasteiger partial charge in [0.2, 0.25) is 0 Å². The van der Waals surface area contributed by atoms with Crippen LogP contribution in [0.3, 0.4) is 0 Å². The van der Waals surface area contributed by atoms with Gasteiger partial charge in [-0.2, -0.15) is 15.9 Å². The molecule has 3 heterocycles. The van der Waals surface area contributed by atoms with Crippen molar-refractivity contribution < 1.29 is 9.53 Å². The number of nitrogens with one attached hydrogen (secondary N) is 1. The van der Waals surface area contributed by atoms with E-state index in [0.717, 1.165) is 5.56 Å². The number of rotatable bonds is 6. The topological polar surface area (TPSA) is 81.4 Å². The first-order chi connectivity index (χ1) is 11.6. The van der Waals surface area contributed by atoms with Crippen LogP contribution in [0.4, 0.5) is 5.82 Å². The third-order valence-electron chi connectivity index (χ3n) is 3.83. The molecular weight excluding hydrogens is 326 g/mol. The summed E-state index contributed by atoms with van der Waals surface area (Å²) in [6.45, 7) is 5.95. The van der Waals surface area contributed by atoms with Gasteiger partial charge in [0.1, 0.15) is 5.82 Å². The molecule has 7 nitrogen and oxygen atoms in total. The zero-order valence-electron chi connectivity index (χ0n) is 13.8. The molecule has 0 aliphatic heterocycles. The molecule has 3 aromatic heterocycles. The van der Waals surface area contributed by atoms with Crippen LogP contribution in [-0.4, -0.2) is 38.4 Å². The molecule has 3 aromatic rings. The van der Waals surface area contributed by atoms with Crippen LogP contribution in [-0.2, 0) is 9.53 Å². The van der Waals surface area contributed by atoms with Crippen molar-refractivity contribution in [1.29, 1.82) is 0 Å². The third kappa shape index (κ3) is 3.23. The second-order valence-corrected chi connectivity index (χ2v) is 6.28. The first-order valence-electron chi connectivity index (χ1n) is 7.78. The minimum atomic E-state index is -0.278. The number of thiophene rings is 1. The quantitative estimate of drug-likeness (QED) is 0.692. The summed E-state index contributed by atoms with van der Waals surface area (Å²) in [5.41, 5.74) is 1.65. The van der Waals surface area contributed by atoms with Gasteiger partial charge in [-0.15, -0.1) is 15.3 Å². The van der Waals surface area contributed by atoms with Crippen molar-refractivity contribution in [1.82, 2.24) is 19.8 Å². The van der Waals surface area contributed by atoms with Gasteiger partial charge in [0.15, 0.2) is 11.5 Å². The van der Waals surface area contributed by atoms with Crippen LogP contribution in [0.15, 0.2) is 29.0 Å². The highest BCUT2D eigenvalue weighted by Crippen LogP contribution is 2.21. The smallest absolute Gasteiger partial charge is 0.310 e. The van der Waals surface area contributed by atoms with Crippen molar-refractivity contribution in [2.45, 2.75) is 26.8 Å². The van der Waals surface area contributed by atoms with E-state index in [-0.39, 0.29) is 17.9 Å². The molecule has 24 heavy (non-hydrogen) atoms. The molecule has 0 radical (unpaired) electrons. The molecule has 2 atom stereocenters. The van der Waals surface area contributed by atoms with Crippen LogP contribution in [0.2, 0.25) is 0 Å². The molecule has 0 aliphatic carbocycles. The fraction of sp³-hybridized carbons (Fsp3) is 0.375. The Morgan fingerprint density at radius 2 is 2.17 bits per heavy atom. The Labute approximate surface area is 143 Å². The molecule has 0 saturated carbocycles. The minimum Gasteiger partial charge on any atom is -0.466 e. The fourth-order valence-electron chi connectivity index (χ4n) is 2.27. The summed E-state index contributed by atoms with van der Waals surface area (Å²) < 4.78 is 6.77. The zero-order chi connectivity index (χ0) is 17.1. The predicted octanol–water partition coefficient (Wildman–Crippen LogP) is 2.85. The number of nitrogens with zero attached hydrogens (tertiary/aromatic N) is 4. The van der Waals surface area contributed by atoms with Crippen molar-refractivity contribution in [3.63, 3.8) is 0 Å². The Balaban J connectivity index is 1.83. The van der Waals surface area contributed by atoms with E-state index in [1.165, 1.54) is 0 Å². The van der Waals surface area contributed by atoms with Crippen molar-refractivity contribution >= 4 is 28.8 Å². The Morgan fingerprint density at radius 1 is 1.33 bits per heavy atom. The summed E-state index contributed by atoms with van der Waals surface area (Å²) in [7, 11) is 0. The summed E-state index contributed by atoms with van der Waals surface area (Å²) in [5, 5.41) is 20.1. The number of carbonyl (C=O) groups is 1. The normalized spacial score (nSPS) is 13.6. The fourth-order valence-corrected chi connectivity index (χ4v) is 2.91. The molecule has 0 fully saturated rings. The molecule has 1 N–H and O–H groups in total. The minimum absolute atomic E-state index is 0.116. The van der Waals surface area contributed by atoms with Gasteiger partial charge in [-0.3, -0.25) is 4.79 Å². The number of esters is 1. The van der Waals surface area contributed by atoms with Gasteiger partial charge < -0.3 is 10.1 Å². The maximum absolute atomic E-state index is 11.8. The second kappa shape index (κ2) is 6.96. The molecule has 0 unspecified atom stereocenters. The van der Waals surface area contributed by atoms with E-state index in [1.807, 2.05) is 42.8 Å². The molecule has 0 amide bonds. The van der Waals surface area contributed by atoms with Gasteiger partial charge in [-0.05, 0) is 44.4 Å². The number of anilines is 1. The van der Waals surface area contributed by atoms with Gasteiger partial charge in [-0.25, -0.2) is 0 Å². The Kier molecular flexibility index (Phi) is 4.75. The average Bonchev–Trinajstić information content (AvgIpc) is 3.22. The van der Waals surface area contributed by atoms with E-state index in [0.29, 0.717) is 23.9 Å². The lowest BCUT2D eigenvalue weighted by atomic mass is 10.0. The number of aromatic nitrogens is 4. The molecule has 8 heteroatoms. The Bertz CT molecular complexity index is 830. The summed E-state index contributed by atoms with van der Waals surface area (Å²) in [6.07, 6.45) is 0. The van der Waals surface area contributed by atoms with E-state index in [2.05, 4.69) is 20.6 Å². The van der Waals surface area contributed by atoms with Crippen LogP contribution in [0.5, 0.6) is 0 Å². The Morgan fingerprint density at radius 3 is 2.88 bits per heavy atom. The largest absolute Gasteiger partial charge is 0.466 e. The highest BCUT2D eigenvalue weighted by atomic mass is 32.1. The monoisotopic (exact) mass is 345 g/mol. The summed E-state index contributed by atoms with van der Waals surface area (Å²) in [5.74, 6) is 0.852. The van der Waals surface area contributed by atoms with Crippen LogP contribution >= 0.6 is 11.3 Å². The van der Waals surface area contributed by atoms with Crippen LogP contribution in [0, 0.1) is 5.92 Å². The van der Waals surface area contributed by atoms with E-state index in [9.17, 15) is 4.79 Å². The van der Waals surface area contributed by atoms with Crippen molar-refractivity contribution in [3.05, 3.63) is 29.0 Å². The highest BCUT2D eigenvalue weighted by molar-refractivity contribution is 7.08. The van der Waals surface area contributed by atoms with Gasteiger partial charge >= 0.3 is 5.97 Å². The second-order valence-electron chi connectivity index (χ2n) is 5.50. The number of hydrogen-bond donors (Lipinski definition) is 1. The van der Waals surface area contributed by atoms with E-state index in [4.69, 9.17) is 4.74 Å². The predicted molar refractivity (Wildman–Crippen MR) is 93.0 cm³/mol. The zero-order valence-corrected chi connectivity index (χ0v) is 14.6. The van der Waals surface area contributed by atoms with Crippen molar-refractivity contribution in [2.24, 2.45) is 5.92 Å². The number of ether oxygens (including phenoxy) is 1. The standard InChI is InChI=1S/C16H19N5O2S/c1-4-23-16(22)10(2)11(3)17-13-5-6-14-18-19-15(21(14)20-13)12-7-8-24-9-12/h5-11H,4H2,1-3H3,(H,17,20)/t10-,11-/m1/s1. The maximum atomic E-state index is 11.8. The lowest BCUT2D eigenvalue weighted by Gasteiger charge is -2.20. The Hall–Kier alpha value is -2.48. The first-order valence-corrected chi connectivity index (χ1v) is 8.72. The number of fused-ring (bicyclic) bond motifs is 1. The van der Waals surface area contributed by atoms with E-state index >= 15 is 0 Å². The van der Waals surface area contributed by atoms with Crippen LogP contribution in [0.25, 0.3) is 17.0 Å². The van der Waals surface area contributed by atoms with E-state index < -0.39 is 0 Å². The molecule has 126 valence electrons. The van der Waals surface area contributed by atoms with Crippen molar-refractivity contribution in [3.8, 4) is 11.4 Å². The van der Waals surface area contributed by atoms with Gasteiger partial charge in [0.05, 0.1) is 12.5 Å². The molecule has 0 aromatic carbocycles. The molecule has 0 bridgehead atoms.